The van der Waals surface area contributed by atoms with E-state index < -0.39 is 11.6 Å². The van der Waals surface area contributed by atoms with Crippen molar-refractivity contribution in [3.63, 3.8) is 0 Å². The first-order valence-electron chi connectivity index (χ1n) is 11.0. The van der Waals surface area contributed by atoms with Crippen molar-refractivity contribution in [3.05, 3.63) is 56.9 Å². The van der Waals surface area contributed by atoms with Gasteiger partial charge in [0.05, 0.1) is 41.2 Å². The van der Waals surface area contributed by atoms with E-state index in [1.165, 1.54) is 0 Å². The quantitative estimate of drug-likeness (QED) is 0.462. The number of carbonyl (C=O) groups excluding carboxylic acids is 1. The molecule has 172 valence electrons. The van der Waals surface area contributed by atoms with Crippen LogP contribution in [0.5, 0.6) is 5.75 Å². The van der Waals surface area contributed by atoms with Gasteiger partial charge in [0.1, 0.15) is 12.4 Å². The van der Waals surface area contributed by atoms with Crippen LogP contribution in [0, 0.1) is 0 Å². The van der Waals surface area contributed by atoms with Gasteiger partial charge in [0, 0.05) is 22.1 Å². The van der Waals surface area contributed by atoms with Crippen molar-refractivity contribution in [2.24, 2.45) is 0 Å². The average molecular weight is 450 g/mol. The monoisotopic (exact) mass is 450 g/mol. The van der Waals surface area contributed by atoms with Crippen LogP contribution < -0.4 is 5.56 Å². The summed E-state index contributed by atoms with van der Waals surface area (Å²) in [5.74, 6) is -0.620. The van der Waals surface area contributed by atoms with Crippen LogP contribution >= 0.6 is 0 Å². The summed E-state index contributed by atoms with van der Waals surface area (Å²) >= 11 is 0. The van der Waals surface area contributed by atoms with E-state index in [9.17, 15) is 19.8 Å². The third-order valence-electron chi connectivity index (χ3n) is 6.43. The molecule has 2 aromatic heterocycles. The minimum absolute atomic E-state index is 0.0934. The number of cyclic esters (lactones) is 1. The summed E-state index contributed by atoms with van der Waals surface area (Å²) in [6.45, 7) is 7.87. The summed E-state index contributed by atoms with van der Waals surface area (Å²) in [5.41, 5.74) is 1.32. The minimum Gasteiger partial charge on any atom is -0.508 e. The number of phenolic OH excluding ortho intramolecular Hbond substituents is 1. The fourth-order valence-corrected chi connectivity index (χ4v) is 4.54. The topological polar surface area (TPSA) is 111 Å². The zero-order valence-corrected chi connectivity index (χ0v) is 19.1. The van der Waals surface area contributed by atoms with Gasteiger partial charge in [0.25, 0.3) is 5.56 Å². The van der Waals surface area contributed by atoms with Crippen LogP contribution in [0.1, 0.15) is 56.4 Å². The molecule has 2 aliphatic heterocycles. The van der Waals surface area contributed by atoms with Crippen LogP contribution in [0.25, 0.3) is 22.3 Å². The molecule has 0 radical (unpaired) electrons. The number of hydrogen-bond donors (Lipinski definition) is 2. The van der Waals surface area contributed by atoms with Crippen molar-refractivity contribution < 1.29 is 24.5 Å². The van der Waals surface area contributed by atoms with E-state index in [1.807, 2.05) is 26.8 Å². The lowest BCUT2D eigenvalue weighted by molar-refractivity contribution is -0.172. The lowest BCUT2D eigenvalue weighted by atomic mass is 9.86. The van der Waals surface area contributed by atoms with Crippen LogP contribution in [0.15, 0.2) is 29.1 Å². The first-order valence-corrected chi connectivity index (χ1v) is 11.0. The molecular formula is C25H26N2O6. The van der Waals surface area contributed by atoms with E-state index in [0.717, 1.165) is 10.9 Å². The van der Waals surface area contributed by atoms with Crippen LogP contribution in [0.2, 0.25) is 0 Å². The molecule has 0 fully saturated rings. The summed E-state index contributed by atoms with van der Waals surface area (Å²) in [5, 5.41) is 22.2. The molecule has 0 amide bonds. The second kappa shape index (κ2) is 7.13. The Hall–Kier alpha value is -3.23. The Morgan fingerprint density at radius 2 is 2.00 bits per heavy atom. The Labute approximate surface area is 190 Å². The smallest absolute Gasteiger partial charge is 0.343 e. The van der Waals surface area contributed by atoms with Crippen molar-refractivity contribution in [2.45, 2.75) is 65.1 Å². The van der Waals surface area contributed by atoms with Crippen molar-refractivity contribution >= 4 is 16.9 Å². The van der Waals surface area contributed by atoms with E-state index in [-0.39, 0.29) is 47.7 Å². The Balaban J connectivity index is 1.69. The minimum atomic E-state index is -1.86. The second-order valence-electron chi connectivity index (χ2n) is 9.63. The largest absolute Gasteiger partial charge is 0.508 e. The molecule has 33 heavy (non-hydrogen) atoms. The number of carbonyl (C=O) groups is 1. The molecule has 0 aliphatic carbocycles. The number of nitrogens with zero attached hydrogens (tertiary/aromatic N) is 2. The molecule has 1 aromatic carbocycles. The number of pyridine rings is 2. The van der Waals surface area contributed by atoms with Gasteiger partial charge in [0.15, 0.2) is 5.60 Å². The molecule has 5 rings (SSSR count). The first-order chi connectivity index (χ1) is 15.5. The zero-order chi connectivity index (χ0) is 23.7. The lowest BCUT2D eigenvalue weighted by Crippen LogP contribution is -2.44. The highest BCUT2D eigenvalue weighted by molar-refractivity contribution is 5.89. The molecule has 0 bridgehead atoms. The van der Waals surface area contributed by atoms with Gasteiger partial charge in [-0.1, -0.05) is 6.92 Å². The first kappa shape index (κ1) is 21.6. The molecule has 3 aromatic rings. The van der Waals surface area contributed by atoms with Gasteiger partial charge in [-0.3, -0.25) is 4.79 Å². The maximum atomic E-state index is 13.3. The summed E-state index contributed by atoms with van der Waals surface area (Å²) in [4.78, 5) is 30.4. The standard InChI is InChI=1S/C25H26N2O6/c1-5-25(31)17-9-19-21-13(10-27(19)22(29)16(17)11-32-23(25)30)8-14-15(12-33-24(2,3)4)20(28)7-6-18(14)26-21/h6-9,28,31H,5,10-12H2,1-4H3/t25-/m0/s1. The van der Waals surface area contributed by atoms with Crippen molar-refractivity contribution in [1.82, 2.24) is 9.55 Å². The maximum absolute atomic E-state index is 13.3. The highest BCUT2D eigenvalue weighted by atomic mass is 16.6. The van der Waals surface area contributed by atoms with Gasteiger partial charge in [-0.15, -0.1) is 0 Å². The Morgan fingerprint density at radius 1 is 1.24 bits per heavy atom. The molecule has 0 saturated carbocycles. The molecule has 2 aliphatic rings. The van der Waals surface area contributed by atoms with Gasteiger partial charge in [-0.05, 0) is 51.5 Å². The van der Waals surface area contributed by atoms with Crippen LogP contribution in [0.3, 0.4) is 0 Å². The summed E-state index contributed by atoms with van der Waals surface area (Å²) in [6.07, 6.45) is 0.0934. The Bertz CT molecular complexity index is 1380. The summed E-state index contributed by atoms with van der Waals surface area (Å²) < 4.78 is 12.6. The van der Waals surface area contributed by atoms with Gasteiger partial charge in [0.2, 0.25) is 0 Å². The molecule has 4 heterocycles. The average Bonchev–Trinajstić information content (AvgIpc) is 3.12. The fourth-order valence-electron chi connectivity index (χ4n) is 4.54. The van der Waals surface area contributed by atoms with Crippen molar-refractivity contribution in [2.75, 3.05) is 0 Å². The number of esters is 1. The predicted octanol–water partition coefficient (Wildman–Crippen LogP) is 3.10. The van der Waals surface area contributed by atoms with Gasteiger partial charge >= 0.3 is 5.97 Å². The SMILES string of the molecule is CC[C@@]1(O)C(=O)OCc2c1cc1n(c2=O)Cc2cc3c(COC(C)(C)C)c(O)ccc3nc2-1. The number of fused-ring (bicyclic) bond motifs is 5. The van der Waals surface area contributed by atoms with E-state index in [0.29, 0.717) is 29.0 Å². The third-order valence-corrected chi connectivity index (χ3v) is 6.43. The molecule has 0 saturated heterocycles. The number of benzene rings is 1. The molecule has 8 nitrogen and oxygen atoms in total. The molecular weight excluding hydrogens is 424 g/mol. The number of rotatable bonds is 3. The number of hydrogen-bond acceptors (Lipinski definition) is 7. The van der Waals surface area contributed by atoms with E-state index in [1.54, 1.807) is 29.7 Å². The highest BCUT2D eigenvalue weighted by Crippen LogP contribution is 2.39. The van der Waals surface area contributed by atoms with Gasteiger partial charge < -0.3 is 24.3 Å². The predicted molar refractivity (Wildman–Crippen MR) is 121 cm³/mol. The fraction of sp³-hybridized carbons (Fsp3) is 0.400. The van der Waals surface area contributed by atoms with Crippen molar-refractivity contribution in [1.29, 1.82) is 0 Å². The number of aliphatic hydroxyl groups is 1. The van der Waals surface area contributed by atoms with Crippen LogP contribution in [0.4, 0.5) is 0 Å². The van der Waals surface area contributed by atoms with Gasteiger partial charge in [-0.25, -0.2) is 9.78 Å². The maximum Gasteiger partial charge on any atom is 0.343 e. The van der Waals surface area contributed by atoms with E-state index in [4.69, 9.17) is 14.5 Å². The number of ether oxygens (including phenoxy) is 2. The van der Waals surface area contributed by atoms with Crippen LogP contribution in [-0.2, 0) is 39.6 Å². The summed E-state index contributed by atoms with van der Waals surface area (Å²) in [6, 6.07) is 6.93. The zero-order valence-electron chi connectivity index (χ0n) is 19.1. The normalized spacial score (nSPS) is 19.2. The second-order valence-corrected chi connectivity index (χ2v) is 9.63. The number of phenols is 1. The molecule has 2 N–H and O–H groups in total. The number of aromatic nitrogens is 2. The lowest BCUT2D eigenvalue weighted by Gasteiger charge is -2.31. The van der Waals surface area contributed by atoms with Crippen LogP contribution in [-0.4, -0.2) is 31.3 Å². The Kier molecular flexibility index (Phi) is 4.67. The molecule has 8 heteroatoms. The molecule has 1 atom stereocenters. The Morgan fingerprint density at radius 3 is 2.70 bits per heavy atom. The molecule has 0 spiro atoms. The number of aromatic hydroxyl groups is 1. The highest BCUT2D eigenvalue weighted by Gasteiger charge is 2.45. The van der Waals surface area contributed by atoms with Gasteiger partial charge in [-0.2, -0.15) is 0 Å². The van der Waals surface area contributed by atoms with E-state index in [2.05, 4.69) is 0 Å². The van der Waals surface area contributed by atoms with E-state index >= 15 is 0 Å². The summed E-state index contributed by atoms with van der Waals surface area (Å²) in [7, 11) is 0. The molecule has 0 unspecified atom stereocenters. The van der Waals surface area contributed by atoms with Crippen molar-refractivity contribution in [3.8, 4) is 17.1 Å². The third kappa shape index (κ3) is 3.24.